The zero-order valence-corrected chi connectivity index (χ0v) is 14.7. The van der Waals surface area contributed by atoms with E-state index in [1.165, 1.54) is 11.3 Å². The van der Waals surface area contributed by atoms with Crippen LogP contribution in [0.3, 0.4) is 0 Å². The molecule has 5 rings (SSSR count). The topological polar surface area (TPSA) is 78.5 Å². The van der Waals surface area contributed by atoms with Crippen molar-refractivity contribution >= 4 is 17.8 Å². The minimum absolute atomic E-state index is 0.112. The van der Waals surface area contributed by atoms with E-state index < -0.39 is 6.17 Å². The second-order valence-electron chi connectivity index (χ2n) is 8.02. The number of fused-ring (bicyclic) bond motifs is 1. The number of imide groups is 1. The molecule has 5 aliphatic rings. The monoisotopic (exact) mass is 345 g/mol. The first-order chi connectivity index (χ1) is 12.1. The van der Waals surface area contributed by atoms with Gasteiger partial charge in [-0.1, -0.05) is 31.4 Å². The Kier molecular flexibility index (Phi) is 4.29. The van der Waals surface area contributed by atoms with Crippen molar-refractivity contribution in [2.75, 3.05) is 0 Å². The molecule has 4 aliphatic carbocycles. The van der Waals surface area contributed by atoms with Crippen molar-refractivity contribution in [3.8, 4) is 0 Å². The van der Waals surface area contributed by atoms with Crippen LogP contribution < -0.4 is 10.6 Å². The van der Waals surface area contributed by atoms with Gasteiger partial charge in [-0.2, -0.15) is 0 Å². The summed E-state index contributed by atoms with van der Waals surface area (Å²) in [5.41, 5.74) is 0. The van der Waals surface area contributed by atoms with Gasteiger partial charge in [-0.3, -0.25) is 14.5 Å². The lowest BCUT2D eigenvalue weighted by atomic mass is 9.63. The number of hydrogen-bond acceptors (Lipinski definition) is 3. The van der Waals surface area contributed by atoms with E-state index in [2.05, 4.69) is 22.8 Å². The SMILES string of the molecule is C[C@H](NC(=O)NC1CCCCC1)N1C(=O)[C@@H]2[C@H](C1=O)[C@H]1C=C[C@H]2CC1. The number of carbonyl (C=O) groups excluding carboxylic acids is 3. The summed E-state index contributed by atoms with van der Waals surface area (Å²) in [4.78, 5) is 39.3. The predicted molar refractivity (Wildman–Crippen MR) is 92.2 cm³/mol. The lowest BCUT2D eigenvalue weighted by Gasteiger charge is -2.38. The molecule has 0 aromatic carbocycles. The van der Waals surface area contributed by atoms with Crippen LogP contribution in [0.4, 0.5) is 4.79 Å². The van der Waals surface area contributed by atoms with Crippen LogP contribution in [0, 0.1) is 23.7 Å². The zero-order chi connectivity index (χ0) is 17.6. The summed E-state index contributed by atoms with van der Waals surface area (Å²) in [6, 6.07) is -0.0791. The van der Waals surface area contributed by atoms with Crippen LogP contribution in [0.15, 0.2) is 12.2 Å². The molecule has 5 atom stereocenters. The molecular weight excluding hydrogens is 318 g/mol. The van der Waals surface area contributed by atoms with E-state index in [0.717, 1.165) is 38.5 Å². The second-order valence-corrected chi connectivity index (χ2v) is 8.02. The fourth-order valence-corrected chi connectivity index (χ4v) is 5.21. The van der Waals surface area contributed by atoms with Gasteiger partial charge in [0.15, 0.2) is 0 Å². The maximum atomic E-state index is 12.9. The minimum atomic E-state index is -0.603. The maximum Gasteiger partial charge on any atom is 0.316 e. The number of urea groups is 1. The van der Waals surface area contributed by atoms with Gasteiger partial charge in [0.05, 0.1) is 11.8 Å². The van der Waals surface area contributed by atoms with Crippen molar-refractivity contribution in [3.05, 3.63) is 12.2 Å². The second kappa shape index (κ2) is 6.46. The molecule has 4 amide bonds. The van der Waals surface area contributed by atoms with Crippen LogP contribution in [0.2, 0.25) is 0 Å². The molecule has 3 fully saturated rings. The van der Waals surface area contributed by atoms with Gasteiger partial charge in [0, 0.05) is 6.04 Å². The highest BCUT2D eigenvalue weighted by atomic mass is 16.2. The van der Waals surface area contributed by atoms with Crippen LogP contribution in [0.25, 0.3) is 0 Å². The van der Waals surface area contributed by atoms with Crippen LogP contribution in [-0.2, 0) is 9.59 Å². The largest absolute Gasteiger partial charge is 0.335 e. The molecule has 2 N–H and O–H groups in total. The Balaban J connectivity index is 1.40. The van der Waals surface area contributed by atoms with Gasteiger partial charge in [-0.25, -0.2) is 4.79 Å². The van der Waals surface area contributed by atoms with Crippen molar-refractivity contribution in [3.63, 3.8) is 0 Å². The summed E-state index contributed by atoms with van der Waals surface area (Å²) in [5.74, 6) is -0.303. The van der Waals surface area contributed by atoms with Gasteiger partial charge in [0.1, 0.15) is 6.17 Å². The summed E-state index contributed by atoms with van der Waals surface area (Å²) in [6.07, 6.45) is 11.1. The van der Waals surface area contributed by atoms with Gasteiger partial charge in [0.2, 0.25) is 11.8 Å². The van der Waals surface area contributed by atoms with Crippen LogP contribution in [-0.4, -0.2) is 35.0 Å². The first-order valence-electron chi connectivity index (χ1n) is 9.68. The third-order valence-corrected chi connectivity index (χ3v) is 6.46. The van der Waals surface area contributed by atoms with Gasteiger partial charge < -0.3 is 10.6 Å². The molecule has 0 radical (unpaired) electrons. The summed E-state index contributed by atoms with van der Waals surface area (Å²) < 4.78 is 0. The number of rotatable bonds is 3. The number of likely N-dealkylation sites (tertiary alicyclic amines) is 1. The molecule has 1 heterocycles. The Labute approximate surface area is 148 Å². The van der Waals surface area contributed by atoms with Crippen LogP contribution in [0.1, 0.15) is 51.9 Å². The van der Waals surface area contributed by atoms with E-state index in [0.29, 0.717) is 0 Å². The molecule has 1 aliphatic heterocycles. The molecule has 2 saturated carbocycles. The highest BCUT2D eigenvalue weighted by Gasteiger charge is 2.57. The van der Waals surface area contributed by atoms with E-state index in [1.807, 2.05) is 0 Å². The fourth-order valence-electron chi connectivity index (χ4n) is 5.21. The van der Waals surface area contributed by atoms with Crippen LogP contribution in [0.5, 0.6) is 0 Å². The van der Waals surface area contributed by atoms with Gasteiger partial charge in [0.25, 0.3) is 0 Å². The number of nitrogens with zero attached hydrogens (tertiary/aromatic N) is 1. The highest BCUT2D eigenvalue weighted by molar-refractivity contribution is 6.06. The van der Waals surface area contributed by atoms with Gasteiger partial charge in [-0.05, 0) is 44.4 Å². The van der Waals surface area contributed by atoms with E-state index in [1.54, 1.807) is 6.92 Å². The minimum Gasteiger partial charge on any atom is -0.335 e. The zero-order valence-electron chi connectivity index (χ0n) is 14.7. The Morgan fingerprint density at radius 3 is 2.08 bits per heavy atom. The van der Waals surface area contributed by atoms with Gasteiger partial charge in [-0.15, -0.1) is 0 Å². The Morgan fingerprint density at radius 1 is 1.00 bits per heavy atom. The standard InChI is InChI=1S/C19H27N3O3/c1-11(20-19(25)21-14-5-3-2-4-6-14)22-17(23)15-12-7-8-13(10-9-12)16(15)18(22)24/h7-8,11-16H,2-6,9-10H2,1H3,(H2,20,21,25)/t11-,12+,13+,15-,16+/m1/s1. The predicted octanol–water partition coefficient (Wildman–Crippen LogP) is 2.16. The summed E-state index contributed by atoms with van der Waals surface area (Å²) >= 11 is 0. The number of nitrogens with one attached hydrogen (secondary N) is 2. The first-order valence-corrected chi connectivity index (χ1v) is 9.68. The molecule has 6 heteroatoms. The molecule has 6 nitrogen and oxygen atoms in total. The molecule has 0 spiro atoms. The molecule has 2 bridgehead atoms. The third kappa shape index (κ3) is 2.85. The highest BCUT2D eigenvalue weighted by Crippen LogP contribution is 2.49. The maximum absolute atomic E-state index is 12.9. The molecule has 0 aromatic rings. The Hall–Kier alpha value is -1.85. The smallest absolute Gasteiger partial charge is 0.316 e. The lowest BCUT2D eigenvalue weighted by molar-refractivity contribution is -0.142. The fraction of sp³-hybridized carbons (Fsp3) is 0.737. The molecule has 1 saturated heterocycles. The van der Waals surface area contributed by atoms with Crippen molar-refractivity contribution in [2.45, 2.75) is 64.1 Å². The number of hydrogen-bond donors (Lipinski definition) is 2. The average molecular weight is 345 g/mol. The Bertz CT molecular complexity index is 579. The van der Waals surface area contributed by atoms with Crippen molar-refractivity contribution in [2.24, 2.45) is 23.7 Å². The quantitative estimate of drug-likeness (QED) is 0.608. The number of allylic oxidation sites excluding steroid dienone is 2. The molecule has 136 valence electrons. The van der Waals surface area contributed by atoms with Crippen LogP contribution >= 0.6 is 0 Å². The number of carbonyl (C=O) groups is 3. The summed E-state index contributed by atoms with van der Waals surface area (Å²) in [6.45, 7) is 1.73. The summed E-state index contributed by atoms with van der Waals surface area (Å²) in [5, 5.41) is 5.79. The first kappa shape index (κ1) is 16.6. The van der Waals surface area contributed by atoms with Crippen molar-refractivity contribution in [1.29, 1.82) is 0 Å². The number of amides is 4. The Morgan fingerprint density at radius 2 is 1.56 bits per heavy atom. The van der Waals surface area contributed by atoms with Gasteiger partial charge >= 0.3 is 6.03 Å². The molecule has 25 heavy (non-hydrogen) atoms. The van der Waals surface area contributed by atoms with Crippen molar-refractivity contribution < 1.29 is 14.4 Å². The molecule has 0 aromatic heterocycles. The summed E-state index contributed by atoms with van der Waals surface area (Å²) in [7, 11) is 0. The average Bonchev–Trinajstić information content (AvgIpc) is 2.90. The van der Waals surface area contributed by atoms with E-state index in [9.17, 15) is 14.4 Å². The van der Waals surface area contributed by atoms with E-state index in [-0.39, 0.29) is 47.6 Å². The normalized spacial score (nSPS) is 35.6. The molecular formula is C19H27N3O3. The van der Waals surface area contributed by atoms with E-state index >= 15 is 0 Å². The van der Waals surface area contributed by atoms with Crippen molar-refractivity contribution in [1.82, 2.24) is 15.5 Å². The van der Waals surface area contributed by atoms with E-state index in [4.69, 9.17) is 0 Å². The third-order valence-electron chi connectivity index (χ3n) is 6.46. The molecule has 0 unspecified atom stereocenters. The lowest BCUT2D eigenvalue weighted by Crippen LogP contribution is -2.54.